The maximum absolute atomic E-state index is 13.7. The predicted molar refractivity (Wildman–Crippen MR) is 103 cm³/mol. The molecule has 27 heavy (non-hydrogen) atoms. The Balaban J connectivity index is 1.87. The number of hydrogen-bond acceptors (Lipinski definition) is 3. The van der Waals surface area contributed by atoms with Crippen molar-refractivity contribution >= 4 is 35.2 Å². The third-order valence-electron chi connectivity index (χ3n) is 4.53. The number of rotatable bonds is 5. The summed E-state index contributed by atoms with van der Waals surface area (Å²) in [7, 11) is 0. The fourth-order valence-electron chi connectivity index (χ4n) is 2.93. The molecule has 8 heteroatoms. The van der Waals surface area contributed by atoms with Crippen LogP contribution in [-0.4, -0.2) is 36.6 Å². The Morgan fingerprint density at radius 1 is 1.22 bits per heavy atom. The van der Waals surface area contributed by atoms with Gasteiger partial charge in [-0.2, -0.15) is 0 Å². The Hall–Kier alpha value is -1.53. The van der Waals surface area contributed by atoms with E-state index in [4.69, 9.17) is 27.9 Å². The molecule has 0 aliphatic carbocycles. The van der Waals surface area contributed by atoms with Crippen LogP contribution in [0.25, 0.3) is 0 Å². The molecule has 150 valence electrons. The van der Waals surface area contributed by atoms with Gasteiger partial charge in [0.2, 0.25) is 5.91 Å². The third-order valence-corrected chi connectivity index (χ3v) is 5.15. The second-order valence-electron chi connectivity index (χ2n) is 7.25. The van der Waals surface area contributed by atoms with Crippen LogP contribution >= 0.6 is 23.2 Å². The zero-order valence-corrected chi connectivity index (χ0v) is 17.2. The molecule has 5 nitrogen and oxygen atoms in total. The predicted octanol–water partition coefficient (Wildman–Crippen LogP) is 4.81. The number of hydrogen-bond donors (Lipinski definition) is 1. The SMILES string of the molecule is CC(C)COC(=O)N1CCC(C(=O)NC(C)c2cc(F)c(Cl)cc2Cl)CC1. The molecule has 0 radical (unpaired) electrons. The highest BCUT2D eigenvalue weighted by atomic mass is 35.5. The quantitative estimate of drug-likeness (QED) is 0.697. The Labute approximate surface area is 169 Å². The molecular formula is C19H25Cl2FN2O3. The molecule has 1 N–H and O–H groups in total. The number of nitrogens with one attached hydrogen (secondary N) is 1. The lowest BCUT2D eigenvalue weighted by Gasteiger charge is -2.31. The van der Waals surface area contributed by atoms with Crippen molar-refractivity contribution in [3.8, 4) is 0 Å². The van der Waals surface area contributed by atoms with Crippen molar-refractivity contribution in [3.63, 3.8) is 0 Å². The van der Waals surface area contributed by atoms with Gasteiger partial charge in [0.1, 0.15) is 5.82 Å². The normalized spacial score (nSPS) is 16.3. The lowest BCUT2D eigenvalue weighted by atomic mass is 9.95. The van der Waals surface area contributed by atoms with Crippen molar-refractivity contribution in [2.24, 2.45) is 11.8 Å². The van der Waals surface area contributed by atoms with Crippen LogP contribution in [0.1, 0.15) is 45.2 Å². The number of likely N-dealkylation sites (tertiary alicyclic amines) is 1. The van der Waals surface area contributed by atoms with Gasteiger partial charge in [0, 0.05) is 24.0 Å². The molecule has 1 aromatic carbocycles. The molecule has 1 aliphatic rings. The molecule has 1 fully saturated rings. The van der Waals surface area contributed by atoms with E-state index >= 15 is 0 Å². The summed E-state index contributed by atoms with van der Waals surface area (Å²) in [5.41, 5.74) is 0.474. The molecule has 1 unspecified atom stereocenters. The van der Waals surface area contributed by atoms with Gasteiger partial charge >= 0.3 is 6.09 Å². The van der Waals surface area contributed by atoms with Gasteiger partial charge in [-0.1, -0.05) is 37.0 Å². The van der Waals surface area contributed by atoms with Gasteiger partial charge in [0.25, 0.3) is 0 Å². The molecule has 1 aromatic rings. The first-order valence-electron chi connectivity index (χ1n) is 9.05. The standard InChI is InChI=1S/C19H25Cl2FN2O3/c1-11(2)10-27-19(26)24-6-4-13(5-7-24)18(25)23-12(3)14-8-17(22)16(21)9-15(14)20/h8-9,11-13H,4-7,10H2,1-3H3,(H,23,25). The largest absolute Gasteiger partial charge is 0.449 e. The number of nitrogens with zero attached hydrogens (tertiary/aromatic N) is 1. The van der Waals surface area contributed by atoms with E-state index in [1.54, 1.807) is 11.8 Å². The van der Waals surface area contributed by atoms with Crippen LogP contribution in [0.3, 0.4) is 0 Å². The molecule has 0 aromatic heterocycles. The highest BCUT2D eigenvalue weighted by molar-refractivity contribution is 6.35. The fourth-order valence-corrected chi connectivity index (χ4v) is 3.48. The van der Waals surface area contributed by atoms with Crippen molar-refractivity contribution in [3.05, 3.63) is 33.6 Å². The van der Waals surface area contributed by atoms with Crippen molar-refractivity contribution in [1.29, 1.82) is 0 Å². The second-order valence-corrected chi connectivity index (χ2v) is 8.06. The van der Waals surface area contributed by atoms with Gasteiger partial charge in [-0.3, -0.25) is 4.79 Å². The van der Waals surface area contributed by atoms with Gasteiger partial charge in [-0.25, -0.2) is 9.18 Å². The molecule has 1 atom stereocenters. The van der Waals surface area contributed by atoms with Gasteiger partial charge in [-0.05, 0) is 43.4 Å². The first-order chi connectivity index (χ1) is 12.7. The van der Waals surface area contributed by atoms with E-state index in [1.165, 1.54) is 12.1 Å². The zero-order valence-electron chi connectivity index (χ0n) is 15.7. The van der Waals surface area contributed by atoms with Crippen molar-refractivity contribution in [1.82, 2.24) is 10.2 Å². The Morgan fingerprint density at radius 2 is 1.85 bits per heavy atom. The minimum atomic E-state index is -0.578. The summed E-state index contributed by atoms with van der Waals surface area (Å²) >= 11 is 11.8. The lowest BCUT2D eigenvalue weighted by Crippen LogP contribution is -2.43. The molecule has 0 saturated carbocycles. The molecule has 0 spiro atoms. The van der Waals surface area contributed by atoms with Crippen LogP contribution in [0.15, 0.2) is 12.1 Å². The number of carbonyl (C=O) groups excluding carboxylic acids is 2. The van der Waals surface area contributed by atoms with Crippen molar-refractivity contribution in [2.45, 2.75) is 39.7 Å². The van der Waals surface area contributed by atoms with E-state index in [-0.39, 0.29) is 28.9 Å². The summed E-state index contributed by atoms with van der Waals surface area (Å²) in [6, 6.07) is 2.12. The molecule has 1 saturated heterocycles. The second kappa shape index (κ2) is 9.60. The first kappa shape index (κ1) is 21.8. The maximum Gasteiger partial charge on any atom is 0.409 e. The number of carbonyl (C=O) groups is 2. The third kappa shape index (κ3) is 5.98. The molecule has 1 aliphatic heterocycles. The molecular weight excluding hydrogens is 394 g/mol. The van der Waals surface area contributed by atoms with Gasteiger partial charge in [0.05, 0.1) is 17.7 Å². The number of halogens is 3. The van der Waals surface area contributed by atoms with E-state index in [2.05, 4.69) is 5.32 Å². The minimum Gasteiger partial charge on any atom is -0.449 e. The average Bonchev–Trinajstić information content (AvgIpc) is 2.62. The summed E-state index contributed by atoms with van der Waals surface area (Å²) in [5.74, 6) is -0.643. The van der Waals surface area contributed by atoms with Gasteiger partial charge in [-0.15, -0.1) is 0 Å². The van der Waals surface area contributed by atoms with E-state index in [0.29, 0.717) is 43.1 Å². The summed E-state index contributed by atoms with van der Waals surface area (Å²) in [6.45, 7) is 7.02. The number of amides is 2. The average molecular weight is 419 g/mol. The summed E-state index contributed by atoms with van der Waals surface area (Å²) in [4.78, 5) is 26.1. The molecule has 1 heterocycles. The lowest BCUT2D eigenvalue weighted by molar-refractivity contribution is -0.127. The van der Waals surface area contributed by atoms with Crippen LogP contribution < -0.4 is 5.32 Å². The number of ether oxygens (including phenoxy) is 1. The highest BCUT2D eigenvalue weighted by Gasteiger charge is 2.29. The number of piperidine rings is 1. The Kier molecular flexibility index (Phi) is 7.74. The van der Waals surface area contributed by atoms with Crippen molar-refractivity contribution in [2.75, 3.05) is 19.7 Å². The van der Waals surface area contributed by atoms with Gasteiger partial charge < -0.3 is 15.0 Å². The van der Waals surface area contributed by atoms with E-state index in [0.717, 1.165) is 0 Å². The topological polar surface area (TPSA) is 58.6 Å². The fraction of sp³-hybridized carbons (Fsp3) is 0.579. The minimum absolute atomic E-state index is 0.0565. The molecule has 0 bridgehead atoms. The molecule has 2 amide bonds. The smallest absolute Gasteiger partial charge is 0.409 e. The highest BCUT2D eigenvalue weighted by Crippen LogP contribution is 2.29. The van der Waals surface area contributed by atoms with Crippen LogP contribution in [-0.2, 0) is 9.53 Å². The van der Waals surface area contributed by atoms with E-state index < -0.39 is 11.9 Å². The monoisotopic (exact) mass is 418 g/mol. The maximum atomic E-state index is 13.7. The number of benzene rings is 1. The zero-order chi connectivity index (χ0) is 20.1. The van der Waals surface area contributed by atoms with Crippen LogP contribution in [0.5, 0.6) is 0 Å². The summed E-state index contributed by atoms with van der Waals surface area (Å²) in [6.07, 6.45) is 0.773. The van der Waals surface area contributed by atoms with Gasteiger partial charge in [0.15, 0.2) is 0 Å². The van der Waals surface area contributed by atoms with Crippen LogP contribution in [0, 0.1) is 17.7 Å². The van der Waals surface area contributed by atoms with Crippen molar-refractivity contribution < 1.29 is 18.7 Å². The van der Waals surface area contributed by atoms with E-state index in [1.807, 2.05) is 13.8 Å². The molecule has 2 rings (SSSR count). The van der Waals surface area contributed by atoms with Crippen LogP contribution in [0.2, 0.25) is 10.0 Å². The summed E-state index contributed by atoms with van der Waals surface area (Å²) < 4.78 is 18.9. The Bertz CT molecular complexity index is 692. The summed E-state index contributed by atoms with van der Waals surface area (Å²) in [5, 5.41) is 3.12. The Morgan fingerprint density at radius 3 is 2.44 bits per heavy atom. The van der Waals surface area contributed by atoms with E-state index in [9.17, 15) is 14.0 Å². The van der Waals surface area contributed by atoms with Crippen LogP contribution in [0.4, 0.5) is 9.18 Å². The first-order valence-corrected chi connectivity index (χ1v) is 9.81.